The maximum Gasteiger partial charge on any atom is 0.410 e. The fourth-order valence-electron chi connectivity index (χ4n) is 4.79. The number of aromatic nitrogens is 3. The van der Waals surface area contributed by atoms with Crippen LogP contribution >= 0.6 is 0 Å². The summed E-state index contributed by atoms with van der Waals surface area (Å²) in [5, 5.41) is 3.36. The third-order valence-electron chi connectivity index (χ3n) is 6.84. The second kappa shape index (κ2) is 8.81. The number of likely N-dealkylation sites (tertiary alicyclic amines) is 1. The van der Waals surface area contributed by atoms with E-state index in [9.17, 15) is 18.0 Å². The van der Waals surface area contributed by atoms with Gasteiger partial charge in [-0.05, 0) is 52.2 Å². The normalized spacial score (nSPS) is 19.2. The van der Waals surface area contributed by atoms with Crippen LogP contribution < -0.4 is 10.1 Å². The molecular formula is C26H30F3N5O3. The first-order valence-electron chi connectivity index (χ1n) is 12.2. The summed E-state index contributed by atoms with van der Waals surface area (Å²) in [7, 11) is 1.37. The number of rotatable bonds is 5. The molecule has 1 saturated carbocycles. The SMILES string of the molecule is COc1cc2ncc(-c3cccc(NC4CCN(C(=O)OC(C)(C)C)C4)n3)n2cc1C1(C(F)(F)F)CC1. The molecule has 1 atom stereocenters. The third-order valence-corrected chi connectivity index (χ3v) is 6.84. The standard InChI is InChI=1S/C26H30F3N5O3/c1-24(2,3)37-23(35)33-11-8-16(14-33)31-21-7-5-6-18(32-21)19-13-30-22-12-20(36-4)17(15-34(19)22)25(9-10-25)26(27,28)29/h5-7,12-13,15-16H,8-11,14H2,1-4H3,(H,31,32). The van der Waals surface area contributed by atoms with E-state index in [1.165, 1.54) is 19.4 Å². The van der Waals surface area contributed by atoms with Gasteiger partial charge in [-0.1, -0.05) is 6.07 Å². The van der Waals surface area contributed by atoms with Crippen molar-refractivity contribution in [1.82, 2.24) is 19.3 Å². The molecule has 0 bridgehead atoms. The molecular weight excluding hydrogens is 487 g/mol. The maximum absolute atomic E-state index is 13.9. The van der Waals surface area contributed by atoms with Crippen molar-refractivity contribution in [3.8, 4) is 17.1 Å². The Labute approximate surface area is 212 Å². The number of alkyl halides is 3. The number of amides is 1. The lowest BCUT2D eigenvalue weighted by atomic mass is 9.96. The first-order valence-corrected chi connectivity index (χ1v) is 12.2. The van der Waals surface area contributed by atoms with Crippen LogP contribution in [0.3, 0.4) is 0 Å². The predicted molar refractivity (Wildman–Crippen MR) is 132 cm³/mol. The number of carbonyl (C=O) groups excluding carboxylic acids is 1. The number of fused-ring (bicyclic) bond motifs is 1. The minimum Gasteiger partial charge on any atom is -0.496 e. The van der Waals surface area contributed by atoms with E-state index >= 15 is 0 Å². The summed E-state index contributed by atoms with van der Waals surface area (Å²) in [6.45, 7) is 6.56. The number of hydrogen-bond acceptors (Lipinski definition) is 6. The van der Waals surface area contributed by atoms with E-state index in [1.807, 2.05) is 32.9 Å². The number of carbonyl (C=O) groups is 1. The van der Waals surface area contributed by atoms with E-state index in [0.717, 1.165) is 6.42 Å². The van der Waals surface area contributed by atoms with Gasteiger partial charge in [-0.15, -0.1) is 0 Å². The number of hydrogen-bond donors (Lipinski definition) is 1. The number of methoxy groups -OCH3 is 1. The van der Waals surface area contributed by atoms with Gasteiger partial charge in [-0.3, -0.25) is 4.40 Å². The Hall–Kier alpha value is -3.50. The first kappa shape index (κ1) is 25.2. The highest BCUT2D eigenvalue weighted by Crippen LogP contribution is 2.61. The molecule has 11 heteroatoms. The van der Waals surface area contributed by atoms with Crippen molar-refractivity contribution in [3.05, 3.63) is 42.2 Å². The number of nitrogens with zero attached hydrogens (tertiary/aromatic N) is 4. The van der Waals surface area contributed by atoms with E-state index in [1.54, 1.807) is 21.6 Å². The summed E-state index contributed by atoms with van der Waals surface area (Å²) >= 11 is 0. The summed E-state index contributed by atoms with van der Waals surface area (Å²) in [6, 6.07) is 6.97. The van der Waals surface area contributed by atoms with Crippen LogP contribution in [0.25, 0.3) is 17.0 Å². The highest BCUT2D eigenvalue weighted by Gasteiger charge is 2.65. The van der Waals surface area contributed by atoms with Crippen LogP contribution in [0.4, 0.5) is 23.8 Å². The van der Waals surface area contributed by atoms with E-state index in [2.05, 4.69) is 10.3 Å². The van der Waals surface area contributed by atoms with E-state index in [4.69, 9.17) is 14.5 Å². The van der Waals surface area contributed by atoms with Gasteiger partial charge in [-0.2, -0.15) is 13.2 Å². The molecule has 1 aliphatic heterocycles. The lowest BCUT2D eigenvalue weighted by Crippen LogP contribution is -2.36. The number of halogens is 3. The molecule has 2 fully saturated rings. The van der Waals surface area contributed by atoms with Crippen LogP contribution in [0.15, 0.2) is 36.7 Å². The molecule has 1 aliphatic carbocycles. The molecule has 2 aliphatic rings. The van der Waals surface area contributed by atoms with Crippen molar-refractivity contribution in [2.75, 3.05) is 25.5 Å². The predicted octanol–water partition coefficient (Wildman–Crippen LogP) is 5.42. The third kappa shape index (κ3) is 4.78. The van der Waals surface area contributed by atoms with Crippen LogP contribution in [0.1, 0.15) is 45.6 Å². The van der Waals surface area contributed by atoms with Crippen LogP contribution in [-0.2, 0) is 10.2 Å². The summed E-state index contributed by atoms with van der Waals surface area (Å²) in [5.41, 5.74) is -0.743. The second-order valence-corrected chi connectivity index (χ2v) is 10.7. The average molecular weight is 518 g/mol. The maximum atomic E-state index is 13.9. The van der Waals surface area contributed by atoms with Crippen molar-refractivity contribution >= 4 is 17.6 Å². The Morgan fingerprint density at radius 1 is 1.22 bits per heavy atom. The van der Waals surface area contributed by atoms with Gasteiger partial charge in [0.15, 0.2) is 0 Å². The molecule has 4 heterocycles. The van der Waals surface area contributed by atoms with Crippen molar-refractivity contribution < 1.29 is 27.4 Å². The fourth-order valence-corrected chi connectivity index (χ4v) is 4.79. The molecule has 1 N–H and O–H groups in total. The molecule has 3 aromatic heterocycles. The lowest BCUT2D eigenvalue weighted by Gasteiger charge is -2.24. The van der Waals surface area contributed by atoms with Crippen LogP contribution in [-0.4, -0.2) is 63.4 Å². The highest BCUT2D eigenvalue weighted by molar-refractivity contribution is 5.69. The van der Waals surface area contributed by atoms with Crippen molar-refractivity contribution in [1.29, 1.82) is 0 Å². The molecule has 0 radical (unpaired) electrons. The molecule has 1 unspecified atom stereocenters. The van der Waals surface area contributed by atoms with E-state index in [-0.39, 0.29) is 36.3 Å². The molecule has 3 aromatic rings. The lowest BCUT2D eigenvalue weighted by molar-refractivity contribution is -0.161. The Balaban J connectivity index is 1.39. The number of nitrogens with one attached hydrogen (secondary N) is 1. The summed E-state index contributed by atoms with van der Waals surface area (Å²) in [4.78, 5) is 23.1. The summed E-state index contributed by atoms with van der Waals surface area (Å²) in [6.07, 6.45) is -0.840. The Kier molecular flexibility index (Phi) is 5.99. The molecule has 1 amide bonds. The Bertz CT molecular complexity index is 1330. The Morgan fingerprint density at radius 3 is 2.62 bits per heavy atom. The highest BCUT2D eigenvalue weighted by atomic mass is 19.4. The van der Waals surface area contributed by atoms with Crippen molar-refractivity contribution in [3.63, 3.8) is 0 Å². The van der Waals surface area contributed by atoms with E-state index in [0.29, 0.717) is 35.9 Å². The minimum atomic E-state index is -4.37. The molecule has 0 spiro atoms. The zero-order valence-corrected chi connectivity index (χ0v) is 21.2. The van der Waals surface area contributed by atoms with Crippen LogP contribution in [0.2, 0.25) is 0 Å². The molecule has 0 aromatic carbocycles. The molecule has 5 rings (SSSR count). The van der Waals surface area contributed by atoms with Crippen molar-refractivity contribution in [2.24, 2.45) is 0 Å². The van der Waals surface area contributed by atoms with Crippen molar-refractivity contribution in [2.45, 2.75) is 63.3 Å². The zero-order chi connectivity index (χ0) is 26.6. The molecule has 1 saturated heterocycles. The van der Waals surface area contributed by atoms with Gasteiger partial charge in [0.25, 0.3) is 0 Å². The largest absolute Gasteiger partial charge is 0.496 e. The van der Waals surface area contributed by atoms with Gasteiger partial charge in [-0.25, -0.2) is 14.8 Å². The quantitative estimate of drug-likeness (QED) is 0.487. The molecule has 8 nitrogen and oxygen atoms in total. The van der Waals surface area contributed by atoms with Gasteiger partial charge in [0.2, 0.25) is 0 Å². The first-order chi connectivity index (χ1) is 17.4. The second-order valence-electron chi connectivity index (χ2n) is 10.7. The van der Waals surface area contributed by atoms with Gasteiger partial charge in [0, 0.05) is 37.0 Å². The topological polar surface area (TPSA) is 81.0 Å². The number of ether oxygens (including phenoxy) is 2. The van der Waals surface area contributed by atoms with E-state index < -0.39 is 17.2 Å². The number of imidazole rings is 1. The average Bonchev–Trinajstić information content (AvgIpc) is 3.34. The molecule has 37 heavy (non-hydrogen) atoms. The zero-order valence-electron chi connectivity index (χ0n) is 21.2. The summed E-state index contributed by atoms with van der Waals surface area (Å²) in [5.74, 6) is 0.782. The van der Waals surface area contributed by atoms with Gasteiger partial charge in [0.1, 0.15) is 22.8 Å². The number of pyridine rings is 2. The van der Waals surface area contributed by atoms with Gasteiger partial charge >= 0.3 is 12.3 Å². The van der Waals surface area contributed by atoms with Crippen LogP contribution in [0.5, 0.6) is 5.75 Å². The minimum absolute atomic E-state index is 0.00479. The van der Waals surface area contributed by atoms with Gasteiger partial charge < -0.3 is 19.7 Å². The Morgan fingerprint density at radius 2 is 1.97 bits per heavy atom. The van der Waals surface area contributed by atoms with Crippen LogP contribution in [0, 0.1) is 0 Å². The smallest absolute Gasteiger partial charge is 0.410 e. The number of anilines is 1. The monoisotopic (exact) mass is 517 g/mol. The molecule has 198 valence electrons. The fraction of sp³-hybridized carbons (Fsp3) is 0.500. The van der Waals surface area contributed by atoms with Gasteiger partial charge in [0.05, 0.1) is 30.1 Å². The summed E-state index contributed by atoms with van der Waals surface area (Å²) < 4.78 is 54.2.